The largest absolute Gasteiger partial charge is 0.372 e. The molecule has 160 valence electrons. The topological polar surface area (TPSA) is 75.2 Å². The number of pyridine rings is 1. The maximum atomic E-state index is 5.89. The van der Waals surface area contributed by atoms with Crippen LogP contribution >= 0.6 is 0 Å². The number of nitrogens with zero attached hydrogens (tertiary/aromatic N) is 4. The van der Waals surface area contributed by atoms with E-state index in [4.69, 9.17) is 4.74 Å². The van der Waals surface area contributed by atoms with E-state index in [2.05, 4.69) is 63.6 Å². The molecule has 2 aromatic rings. The number of fused-ring (bicyclic) bond motifs is 1. The Morgan fingerprint density at radius 1 is 1.03 bits per heavy atom. The zero-order valence-electron chi connectivity index (χ0n) is 18.1. The van der Waals surface area contributed by atoms with Crippen molar-refractivity contribution in [3.63, 3.8) is 0 Å². The molecule has 0 aromatic carbocycles. The summed E-state index contributed by atoms with van der Waals surface area (Å²) in [5.41, 5.74) is 10.8. The standard InChI is InChI=1S/C23H32N6O/c1-14-6-18(10-24-9-14)17-4-5-20-19(7-17)23(28-27-20)21-8-22(26-13-25-21)29-11-15(2)30-16(3)12-29/h6,8-10,13,15-17,19-20,23,27-28H,4-5,7,11-12H2,1-3H3/t15-,16+,17?,19?,20?,23?. The second-order valence-corrected chi connectivity index (χ2v) is 9.31. The van der Waals surface area contributed by atoms with E-state index in [9.17, 15) is 0 Å². The van der Waals surface area contributed by atoms with Crippen molar-refractivity contribution < 1.29 is 4.74 Å². The highest BCUT2D eigenvalue weighted by Gasteiger charge is 2.42. The molecule has 2 N–H and O–H groups in total. The van der Waals surface area contributed by atoms with Gasteiger partial charge in [-0.15, -0.1) is 0 Å². The average molecular weight is 409 g/mol. The zero-order chi connectivity index (χ0) is 20.7. The molecule has 7 heteroatoms. The number of aromatic nitrogens is 3. The number of nitrogens with one attached hydrogen (secondary N) is 2. The van der Waals surface area contributed by atoms with Gasteiger partial charge in [-0.2, -0.15) is 0 Å². The summed E-state index contributed by atoms with van der Waals surface area (Å²) in [5, 5.41) is 0. The predicted octanol–water partition coefficient (Wildman–Crippen LogP) is 2.90. The van der Waals surface area contributed by atoms with Gasteiger partial charge >= 0.3 is 0 Å². The van der Waals surface area contributed by atoms with Gasteiger partial charge in [0, 0.05) is 37.6 Å². The molecule has 3 fully saturated rings. The molecule has 4 heterocycles. The minimum atomic E-state index is 0.202. The monoisotopic (exact) mass is 408 g/mol. The highest BCUT2D eigenvalue weighted by molar-refractivity contribution is 5.41. The van der Waals surface area contributed by atoms with Crippen molar-refractivity contribution >= 4 is 5.82 Å². The molecule has 2 aromatic heterocycles. The van der Waals surface area contributed by atoms with Crippen LogP contribution in [0.1, 0.15) is 61.9 Å². The Morgan fingerprint density at radius 2 is 1.87 bits per heavy atom. The lowest BCUT2D eigenvalue weighted by molar-refractivity contribution is -0.00547. The first-order chi connectivity index (χ1) is 14.6. The SMILES string of the molecule is Cc1cncc(C2CCC3NNC(c4cc(N5C[C@@H](C)O[C@@H](C)C5)ncn4)C3C2)c1. The van der Waals surface area contributed by atoms with Gasteiger partial charge in [-0.05, 0) is 63.0 Å². The molecule has 1 aliphatic carbocycles. The number of hydrogen-bond acceptors (Lipinski definition) is 7. The van der Waals surface area contributed by atoms with Crippen LogP contribution in [-0.4, -0.2) is 46.3 Å². The zero-order valence-corrected chi connectivity index (χ0v) is 18.1. The first-order valence-corrected chi connectivity index (χ1v) is 11.2. The maximum absolute atomic E-state index is 5.89. The Hall–Kier alpha value is -2.09. The third kappa shape index (κ3) is 3.94. The Morgan fingerprint density at radius 3 is 2.67 bits per heavy atom. The van der Waals surface area contributed by atoms with Crippen molar-refractivity contribution in [2.24, 2.45) is 5.92 Å². The van der Waals surface area contributed by atoms with Crippen LogP contribution in [0.3, 0.4) is 0 Å². The van der Waals surface area contributed by atoms with Crippen molar-refractivity contribution in [2.75, 3.05) is 18.0 Å². The number of morpholine rings is 1. The molecule has 7 nitrogen and oxygen atoms in total. The lowest BCUT2D eigenvalue weighted by atomic mass is 9.73. The quantitative estimate of drug-likeness (QED) is 0.809. The fraction of sp³-hybridized carbons (Fsp3) is 0.609. The van der Waals surface area contributed by atoms with Gasteiger partial charge in [0.25, 0.3) is 0 Å². The normalized spacial score (nSPS) is 34.0. The summed E-state index contributed by atoms with van der Waals surface area (Å²) in [6, 6.07) is 5.16. The van der Waals surface area contributed by atoms with E-state index in [0.717, 1.165) is 31.0 Å². The first-order valence-electron chi connectivity index (χ1n) is 11.2. The summed E-state index contributed by atoms with van der Waals surface area (Å²) in [7, 11) is 0. The fourth-order valence-corrected chi connectivity index (χ4v) is 5.52. The van der Waals surface area contributed by atoms with Crippen LogP contribution in [-0.2, 0) is 4.74 Å². The molecule has 6 atom stereocenters. The van der Waals surface area contributed by atoms with E-state index >= 15 is 0 Å². The minimum absolute atomic E-state index is 0.202. The Labute approximate surface area is 178 Å². The van der Waals surface area contributed by atoms with Gasteiger partial charge in [-0.3, -0.25) is 10.4 Å². The van der Waals surface area contributed by atoms with Crippen molar-refractivity contribution in [3.05, 3.63) is 47.7 Å². The molecule has 0 bridgehead atoms. The van der Waals surface area contributed by atoms with Crippen molar-refractivity contribution in [1.29, 1.82) is 0 Å². The van der Waals surface area contributed by atoms with Gasteiger partial charge in [0.2, 0.25) is 0 Å². The molecule has 0 radical (unpaired) electrons. The predicted molar refractivity (Wildman–Crippen MR) is 116 cm³/mol. The molecular formula is C23H32N6O. The molecule has 2 aliphatic heterocycles. The summed E-state index contributed by atoms with van der Waals surface area (Å²) >= 11 is 0. The van der Waals surface area contributed by atoms with Gasteiger partial charge in [0.15, 0.2) is 0 Å². The number of aryl methyl sites for hydroxylation is 1. The van der Waals surface area contributed by atoms with Crippen LogP contribution in [0.15, 0.2) is 30.9 Å². The van der Waals surface area contributed by atoms with Crippen LogP contribution in [0, 0.1) is 12.8 Å². The van der Waals surface area contributed by atoms with Crippen molar-refractivity contribution in [1.82, 2.24) is 25.8 Å². The maximum Gasteiger partial charge on any atom is 0.132 e. The van der Waals surface area contributed by atoms with Crippen LogP contribution in [0.5, 0.6) is 0 Å². The van der Waals surface area contributed by atoms with Gasteiger partial charge < -0.3 is 9.64 Å². The smallest absolute Gasteiger partial charge is 0.132 e. The second kappa shape index (κ2) is 8.21. The van der Waals surface area contributed by atoms with Crippen molar-refractivity contribution in [3.8, 4) is 0 Å². The summed E-state index contributed by atoms with van der Waals surface area (Å²) in [6.07, 6.45) is 9.64. The lowest BCUT2D eigenvalue weighted by Gasteiger charge is -2.36. The van der Waals surface area contributed by atoms with Crippen LogP contribution in [0.25, 0.3) is 0 Å². The molecule has 4 unspecified atom stereocenters. The third-order valence-corrected chi connectivity index (χ3v) is 6.86. The van der Waals surface area contributed by atoms with E-state index in [0.29, 0.717) is 17.9 Å². The molecule has 0 spiro atoms. The first kappa shape index (κ1) is 19.8. The van der Waals surface area contributed by atoms with Crippen LogP contribution in [0.2, 0.25) is 0 Å². The molecule has 5 rings (SSSR count). The third-order valence-electron chi connectivity index (χ3n) is 6.86. The van der Waals surface area contributed by atoms with Gasteiger partial charge in [0.1, 0.15) is 12.1 Å². The average Bonchev–Trinajstić information content (AvgIpc) is 3.16. The van der Waals surface area contributed by atoms with Crippen molar-refractivity contribution in [2.45, 2.75) is 70.2 Å². The Bertz CT molecular complexity index is 882. The van der Waals surface area contributed by atoms with Crippen LogP contribution < -0.4 is 15.8 Å². The van der Waals surface area contributed by atoms with Crippen LogP contribution in [0.4, 0.5) is 5.82 Å². The van der Waals surface area contributed by atoms with Gasteiger partial charge in [-0.25, -0.2) is 15.4 Å². The summed E-state index contributed by atoms with van der Waals surface area (Å²) < 4.78 is 5.89. The highest BCUT2D eigenvalue weighted by atomic mass is 16.5. The highest BCUT2D eigenvalue weighted by Crippen LogP contribution is 2.43. The number of hydrogen-bond donors (Lipinski definition) is 2. The second-order valence-electron chi connectivity index (χ2n) is 9.31. The van der Waals surface area contributed by atoms with E-state index in [-0.39, 0.29) is 18.2 Å². The Kier molecular flexibility index (Phi) is 5.43. The molecule has 3 aliphatic rings. The van der Waals surface area contributed by atoms with E-state index in [1.807, 2.05) is 12.4 Å². The van der Waals surface area contributed by atoms with Gasteiger partial charge in [-0.1, -0.05) is 6.07 Å². The molecule has 0 amide bonds. The summed E-state index contributed by atoms with van der Waals surface area (Å²) in [4.78, 5) is 16.0. The molecule has 1 saturated carbocycles. The number of rotatable bonds is 3. The number of hydrazine groups is 1. The van der Waals surface area contributed by atoms with E-state index < -0.39 is 0 Å². The molecule has 2 saturated heterocycles. The lowest BCUT2D eigenvalue weighted by Crippen LogP contribution is -2.46. The molecule has 30 heavy (non-hydrogen) atoms. The van der Waals surface area contributed by atoms with Gasteiger partial charge in [0.05, 0.1) is 23.9 Å². The fourth-order valence-electron chi connectivity index (χ4n) is 5.52. The Balaban J connectivity index is 1.35. The summed E-state index contributed by atoms with van der Waals surface area (Å²) in [6.45, 7) is 8.11. The molecular weight excluding hydrogens is 376 g/mol. The van der Waals surface area contributed by atoms with E-state index in [1.54, 1.807) is 6.33 Å². The number of ether oxygens (including phenoxy) is 1. The summed E-state index contributed by atoms with van der Waals surface area (Å²) in [5.74, 6) is 2.07. The number of anilines is 1. The van der Waals surface area contributed by atoms with E-state index in [1.165, 1.54) is 24.0 Å². The minimum Gasteiger partial charge on any atom is -0.372 e.